The summed E-state index contributed by atoms with van der Waals surface area (Å²) in [5.41, 5.74) is 6.86. The number of furan rings is 1. The number of hydrogen-bond donors (Lipinski definition) is 2. The van der Waals surface area contributed by atoms with Crippen LogP contribution in [0.25, 0.3) is 0 Å². The zero-order valence-electron chi connectivity index (χ0n) is 8.56. The fourth-order valence-electron chi connectivity index (χ4n) is 1.11. The van der Waals surface area contributed by atoms with Gasteiger partial charge in [0.2, 0.25) is 0 Å². The standard InChI is InChI=1S/C10H17NO2S/c1-7-3-4-13-9(7)6-14-10(5-12)8(2)11/h3-4,8,10,12H,5-6,11H2,1-2H3. The first kappa shape index (κ1) is 11.6. The third kappa shape index (κ3) is 3.04. The summed E-state index contributed by atoms with van der Waals surface area (Å²) in [4.78, 5) is 0. The van der Waals surface area contributed by atoms with Crippen LogP contribution in [0.15, 0.2) is 16.7 Å². The Bertz CT molecular complexity index is 273. The Hall–Kier alpha value is -0.450. The van der Waals surface area contributed by atoms with E-state index in [4.69, 9.17) is 15.3 Å². The highest BCUT2D eigenvalue weighted by atomic mass is 32.2. The smallest absolute Gasteiger partial charge is 0.116 e. The van der Waals surface area contributed by atoms with Gasteiger partial charge in [-0.1, -0.05) is 0 Å². The molecule has 0 radical (unpaired) electrons. The van der Waals surface area contributed by atoms with E-state index < -0.39 is 0 Å². The van der Waals surface area contributed by atoms with Crippen molar-refractivity contribution in [1.29, 1.82) is 0 Å². The van der Waals surface area contributed by atoms with E-state index >= 15 is 0 Å². The molecule has 0 aromatic carbocycles. The SMILES string of the molecule is Cc1ccoc1CSC(CO)C(C)N. The van der Waals surface area contributed by atoms with E-state index in [9.17, 15) is 0 Å². The lowest BCUT2D eigenvalue weighted by Crippen LogP contribution is -2.31. The Balaban J connectivity index is 2.43. The van der Waals surface area contributed by atoms with Gasteiger partial charge in [0.25, 0.3) is 0 Å². The second kappa shape index (κ2) is 5.44. The summed E-state index contributed by atoms with van der Waals surface area (Å²) >= 11 is 1.63. The zero-order chi connectivity index (χ0) is 10.6. The van der Waals surface area contributed by atoms with Gasteiger partial charge in [-0.3, -0.25) is 0 Å². The molecule has 0 aliphatic rings. The van der Waals surface area contributed by atoms with Crippen molar-refractivity contribution in [3.8, 4) is 0 Å². The molecule has 0 aliphatic heterocycles. The highest BCUT2D eigenvalue weighted by Crippen LogP contribution is 2.22. The highest BCUT2D eigenvalue weighted by Gasteiger charge is 2.14. The number of thioether (sulfide) groups is 1. The molecule has 14 heavy (non-hydrogen) atoms. The van der Waals surface area contributed by atoms with Crippen molar-refractivity contribution in [2.75, 3.05) is 6.61 Å². The van der Waals surface area contributed by atoms with Crippen LogP contribution in [0.1, 0.15) is 18.2 Å². The van der Waals surface area contributed by atoms with Gasteiger partial charge < -0.3 is 15.3 Å². The first-order valence-corrected chi connectivity index (χ1v) is 5.71. The predicted molar refractivity (Wildman–Crippen MR) is 59.3 cm³/mol. The summed E-state index contributed by atoms with van der Waals surface area (Å²) in [5.74, 6) is 1.74. The summed E-state index contributed by atoms with van der Waals surface area (Å²) < 4.78 is 5.30. The molecule has 1 heterocycles. The molecule has 1 aromatic heterocycles. The van der Waals surface area contributed by atoms with Gasteiger partial charge in [0.05, 0.1) is 18.6 Å². The Morgan fingerprint density at radius 3 is 2.79 bits per heavy atom. The average Bonchev–Trinajstić information content (AvgIpc) is 2.52. The van der Waals surface area contributed by atoms with Gasteiger partial charge in [0.1, 0.15) is 5.76 Å². The van der Waals surface area contributed by atoms with Crippen molar-refractivity contribution >= 4 is 11.8 Å². The van der Waals surface area contributed by atoms with Gasteiger partial charge >= 0.3 is 0 Å². The Labute approximate surface area is 88.7 Å². The zero-order valence-corrected chi connectivity index (χ0v) is 9.38. The minimum Gasteiger partial charge on any atom is -0.468 e. The van der Waals surface area contributed by atoms with Crippen molar-refractivity contribution in [2.45, 2.75) is 30.9 Å². The van der Waals surface area contributed by atoms with E-state index in [1.54, 1.807) is 18.0 Å². The lowest BCUT2D eigenvalue weighted by molar-refractivity contribution is 0.285. The van der Waals surface area contributed by atoms with Crippen LogP contribution in [-0.4, -0.2) is 23.0 Å². The van der Waals surface area contributed by atoms with Crippen LogP contribution in [0.5, 0.6) is 0 Å². The lowest BCUT2D eigenvalue weighted by atomic mass is 10.3. The molecule has 1 rings (SSSR count). The number of aliphatic hydroxyl groups is 1. The number of aryl methyl sites for hydroxylation is 1. The van der Waals surface area contributed by atoms with Crippen molar-refractivity contribution in [3.63, 3.8) is 0 Å². The molecule has 4 heteroatoms. The summed E-state index contributed by atoms with van der Waals surface area (Å²) in [7, 11) is 0. The van der Waals surface area contributed by atoms with E-state index in [0.29, 0.717) is 0 Å². The Morgan fingerprint density at radius 1 is 1.64 bits per heavy atom. The van der Waals surface area contributed by atoms with E-state index in [2.05, 4.69) is 0 Å². The fourth-order valence-corrected chi connectivity index (χ4v) is 2.18. The number of nitrogens with two attached hydrogens (primary N) is 1. The van der Waals surface area contributed by atoms with Crippen LogP contribution in [0.3, 0.4) is 0 Å². The molecule has 3 nitrogen and oxygen atoms in total. The van der Waals surface area contributed by atoms with Gasteiger partial charge in [-0.15, -0.1) is 11.8 Å². The molecule has 0 bridgehead atoms. The normalized spacial score (nSPS) is 15.4. The Morgan fingerprint density at radius 2 is 2.36 bits per heavy atom. The second-order valence-electron chi connectivity index (χ2n) is 3.42. The summed E-state index contributed by atoms with van der Waals surface area (Å²) in [6, 6.07) is 1.94. The maximum atomic E-state index is 9.06. The minimum atomic E-state index is 0.000248. The first-order chi connectivity index (χ1) is 6.65. The van der Waals surface area contributed by atoms with Crippen LogP contribution in [0, 0.1) is 6.92 Å². The average molecular weight is 215 g/mol. The van der Waals surface area contributed by atoms with Crippen LogP contribution in [-0.2, 0) is 5.75 Å². The maximum absolute atomic E-state index is 9.06. The highest BCUT2D eigenvalue weighted by molar-refractivity contribution is 7.99. The summed E-state index contributed by atoms with van der Waals surface area (Å²) in [6.45, 7) is 4.03. The van der Waals surface area contributed by atoms with Crippen LogP contribution >= 0.6 is 11.8 Å². The van der Waals surface area contributed by atoms with Crippen LogP contribution in [0.2, 0.25) is 0 Å². The second-order valence-corrected chi connectivity index (χ2v) is 4.65. The van der Waals surface area contributed by atoms with Gasteiger partial charge in [-0.2, -0.15) is 0 Å². The van der Waals surface area contributed by atoms with E-state index in [1.807, 2.05) is 19.9 Å². The molecule has 0 fully saturated rings. The minimum absolute atomic E-state index is 0.000248. The maximum Gasteiger partial charge on any atom is 0.116 e. The quantitative estimate of drug-likeness (QED) is 0.782. The number of aliphatic hydroxyl groups excluding tert-OH is 1. The van der Waals surface area contributed by atoms with Gasteiger partial charge in [-0.05, 0) is 25.5 Å². The number of hydrogen-bond acceptors (Lipinski definition) is 4. The topological polar surface area (TPSA) is 59.4 Å². The Kier molecular flexibility index (Phi) is 4.51. The van der Waals surface area contributed by atoms with Crippen molar-refractivity contribution in [1.82, 2.24) is 0 Å². The largest absolute Gasteiger partial charge is 0.468 e. The van der Waals surface area contributed by atoms with E-state index in [0.717, 1.165) is 17.1 Å². The fraction of sp³-hybridized carbons (Fsp3) is 0.600. The molecule has 80 valence electrons. The molecule has 2 unspecified atom stereocenters. The summed E-state index contributed by atoms with van der Waals surface area (Å²) in [5, 5.41) is 9.15. The summed E-state index contributed by atoms with van der Waals surface area (Å²) in [6.07, 6.45) is 1.69. The molecule has 0 spiro atoms. The number of rotatable bonds is 5. The van der Waals surface area contributed by atoms with Gasteiger partial charge in [0, 0.05) is 11.3 Å². The predicted octanol–water partition coefficient (Wildman–Crippen LogP) is 1.53. The van der Waals surface area contributed by atoms with Crippen LogP contribution in [0.4, 0.5) is 0 Å². The first-order valence-electron chi connectivity index (χ1n) is 4.66. The van der Waals surface area contributed by atoms with Crippen molar-refractivity contribution in [2.24, 2.45) is 5.73 Å². The molecular weight excluding hydrogens is 198 g/mol. The van der Waals surface area contributed by atoms with Crippen LogP contribution < -0.4 is 5.73 Å². The molecule has 0 saturated heterocycles. The van der Waals surface area contributed by atoms with Crippen molar-refractivity contribution < 1.29 is 9.52 Å². The van der Waals surface area contributed by atoms with Gasteiger partial charge in [-0.25, -0.2) is 0 Å². The molecular formula is C10H17NO2S. The molecule has 0 aliphatic carbocycles. The monoisotopic (exact) mass is 215 g/mol. The molecule has 0 saturated carbocycles. The molecule has 2 atom stereocenters. The molecule has 0 amide bonds. The third-order valence-electron chi connectivity index (χ3n) is 2.16. The third-order valence-corrected chi connectivity index (χ3v) is 3.60. The lowest BCUT2D eigenvalue weighted by Gasteiger charge is -2.16. The van der Waals surface area contributed by atoms with Gasteiger partial charge in [0.15, 0.2) is 0 Å². The van der Waals surface area contributed by atoms with Crippen molar-refractivity contribution in [3.05, 3.63) is 23.7 Å². The van der Waals surface area contributed by atoms with E-state index in [-0.39, 0.29) is 17.9 Å². The molecule has 1 aromatic rings. The molecule has 3 N–H and O–H groups in total. The van der Waals surface area contributed by atoms with E-state index in [1.165, 1.54) is 0 Å².